The van der Waals surface area contributed by atoms with E-state index in [0.717, 1.165) is 0 Å². The maximum atomic E-state index is 13.4. The number of imidazole rings is 1. The van der Waals surface area contributed by atoms with Crippen molar-refractivity contribution in [2.24, 2.45) is 0 Å². The van der Waals surface area contributed by atoms with E-state index in [1.807, 2.05) is 0 Å². The van der Waals surface area contributed by atoms with Gasteiger partial charge in [0.15, 0.2) is 5.78 Å². The smallest absolute Gasteiger partial charge is 0.274 e. The second-order valence-electron chi connectivity index (χ2n) is 5.21. The van der Waals surface area contributed by atoms with E-state index in [4.69, 9.17) is 0 Å². The minimum atomic E-state index is -0.456. The van der Waals surface area contributed by atoms with Crippen molar-refractivity contribution in [3.63, 3.8) is 0 Å². The molecule has 2 aromatic heterocycles. The van der Waals surface area contributed by atoms with Gasteiger partial charge in [0.05, 0.1) is 5.69 Å². The SMILES string of the molecule is CC(=O)c1cccc(NC(=O)c2c(C)nc3ccc(F)cn23)c1. The van der Waals surface area contributed by atoms with Crippen LogP contribution in [0.25, 0.3) is 5.65 Å². The quantitative estimate of drug-likeness (QED) is 0.755. The maximum Gasteiger partial charge on any atom is 0.274 e. The summed E-state index contributed by atoms with van der Waals surface area (Å²) in [5.74, 6) is -0.960. The van der Waals surface area contributed by atoms with Crippen LogP contribution in [0.15, 0.2) is 42.6 Å². The van der Waals surface area contributed by atoms with Crippen LogP contribution in [0.2, 0.25) is 0 Å². The van der Waals surface area contributed by atoms with Gasteiger partial charge in [0.25, 0.3) is 5.91 Å². The van der Waals surface area contributed by atoms with Gasteiger partial charge in [-0.15, -0.1) is 0 Å². The Balaban J connectivity index is 1.98. The number of aryl methyl sites for hydroxylation is 1. The van der Waals surface area contributed by atoms with Crippen LogP contribution < -0.4 is 5.32 Å². The molecule has 1 amide bonds. The van der Waals surface area contributed by atoms with Crippen molar-refractivity contribution in [1.29, 1.82) is 0 Å². The topological polar surface area (TPSA) is 63.5 Å². The van der Waals surface area contributed by atoms with E-state index in [1.165, 1.54) is 29.7 Å². The zero-order valence-corrected chi connectivity index (χ0v) is 12.6. The van der Waals surface area contributed by atoms with E-state index >= 15 is 0 Å². The number of ketones is 1. The minimum absolute atomic E-state index is 0.0887. The van der Waals surface area contributed by atoms with Gasteiger partial charge in [0.1, 0.15) is 17.2 Å². The number of nitrogens with one attached hydrogen (secondary N) is 1. The lowest BCUT2D eigenvalue weighted by molar-refractivity contribution is 0.100. The van der Waals surface area contributed by atoms with Crippen LogP contribution in [0.1, 0.15) is 33.5 Å². The molecular weight excluding hydrogens is 297 g/mol. The van der Waals surface area contributed by atoms with Gasteiger partial charge in [-0.2, -0.15) is 0 Å². The highest BCUT2D eigenvalue weighted by Gasteiger charge is 2.17. The van der Waals surface area contributed by atoms with Crippen molar-refractivity contribution in [2.45, 2.75) is 13.8 Å². The summed E-state index contributed by atoms with van der Waals surface area (Å²) in [6.07, 6.45) is 1.22. The Morgan fingerprint density at radius 3 is 2.74 bits per heavy atom. The minimum Gasteiger partial charge on any atom is -0.321 e. The number of benzene rings is 1. The third kappa shape index (κ3) is 2.83. The number of hydrogen-bond donors (Lipinski definition) is 1. The predicted molar refractivity (Wildman–Crippen MR) is 84.3 cm³/mol. The molecule has 5 nitrogen and oxygen atoms in total. The van der Waals surface area contributed by atoms with Crippen molar-refractivity contribution in [3.8, 4) is 0 Å². The second-order valence-corrected chi connectivity index (χ2v) is 5.21. The fraction of sp³-hybridized carbons (Fsp3) is 0.118. The summed E-state index contributed by atoms with van der Waals surface area (Å²) in [7, 11) is 0. The molecule has 2 heterocycles. The summed E-state index contributed by atoms with van der Waals surface area (Å²) >= 11 is 0. The van der Waals surface area contributed by atoms with Crippen molar-refractivity contribution in [1.82, 2.24) is 9.38 Å². The Hall–Kier alpha value is -3.02. The van der Waals surface area contributed by atoms with E-state index < -0.39 is 11.7 Å². The predicted octanol–water partition coefficient (Wildman–Crippen LogP) is 3.24. The van der Waals surface area contributed by atoms with E-state index in [-0.39, 0.29) is 11.5 Å². The lowest BCUT2D eigenvalue weighted by atomic mass is 10.1. The third-order valence-corrected chi connectivity index (χ3v) is 3.50. The Morgan fingerprint density at radius 1 is 1.22 bits per heavy atom. The molecule has 0 aliphatic carbocycles. The number of amides is 1. The standard InChI is InChI=1S/C17H14FN3O2/c1-10-16(21-9-13(18)6-7-15(21)19-10)17(23)20-14-5-3-4-12(8-14)11(2)22/h3-9H,1-2H3,(H,20,23). The number of anilines is 1. The molecule has 1 N–H and O–H groups in total. The molecule has 0 unspecified atom stereocenters. The number of fused-ring (bicyclic) bond motifs is 1. The molecule has 0 bridgehead atoms. The van der Waals surface area contributed by atoms with Crippen LogP contribution in [-0.4, -0.2) is 21.1 Å². The molecule has 23 heavy (non-hydrogen) atoms. The number of rotatable bonds is 3. The fourth-order valence-electron chi connectivity index (χ4n) is 2.42. The van der Waals surface area contributed by atoms with Crippen LogP contribution in [0.5, 0.6) is 0 Å². The summed E-state index contributed by atoms with van der Waals surface area (Å²) in [5.41, 5.74) is 2.24. The van der Waals surface area contributed by atoms with Crippen LogP contribution in [0.3, 0.4) is 0 Å². The molecule has 0 atom stereocenters. The first-order chi connectivity index (χ1) is 11.0. The summed E-state index contributed by atoms with van der Waals surface area (Å²) in [5, 5.41) is 2.72. The first kappa shape index (κ1) is 14.9. The molecule has 116 valence electrons. The van der Waals surface area contributed by atoms with E-state index in [1.54, 1.807) is 31.2 Å². The lowest BCUT2D eigenvalue weighted by Crippen LogP contribution is -2.16. The summed E-state index contributed by atoms with van der Waals surface area (Å²) < 4.78 is 14.9. The van der Waals surface area contributed by atoms with Crippen LogP contribution in [-0.2, 0) is 0 Å². The molecule has 3 aromatic rings. The van der Waals surface area contributed by atoms with Crippen molar-refractivity contribution in [2.75, 3.05) is 5.32 Å². The van der Waals surface area contributed by atoms with E-state index in [2.05, 4.69) is 10.3 Å². The number of aromatic nitrogens is 2. The number of hydrogen-bond acceptors (Lipinski definition) is 3. The van der Waals surface area contributed by atoms with Gasteiger partial charge in [0.2, 0.25) is 0 Å². The highest BCUT2D eigenvalue weighted by atomic mass is 19.1. The van der Waals surface area contributed by atoms with Crippen LogP contribution in [0.4, 0.5) is 10.1 Å². The van der Waals surface area contributed by atoms with Crippen molar-refractivity contribution < 1.29 is 14.0 Å². The van der Waals surface area contributed by atoms with Gasteiger partial charge in [-0.25, -0.2) is 9.37 Å². The summed E-state index contributed by atoms with van der Waals surface area (Å²) in [6.45, 7) is 3.14. The molecular formula is C17H14FN3O2. The molecule has 0 spiro atoms. The number of pyridine rings is 1. The van der Waals surface area contributed by atoms with Gasteiger partial charge in [-0.3, -0.25) is 14.0 Å². The highest BCUT2D eigenvalue weighted by molar-refractivity contribution is 6.05. The van der Waals surface area contributed by atoms with Gasteiger partial charge >= 0.3 is 0 Å². The van der Waals surface area contributed by atoms with Gasteiger partial charge < -0.3 is 5.32 Å². The zero-order valence-electron chi connectivity index (χ0n) is 12.6. The highest BCUT2D eigenvalue weighted by Crippen LogP contribution is 2.17. The normalized spacial score (nSPS) is 10.7. The molecule has 0 saturated heterocycles. The van der Waals surface area contributed by atoms with Crippen molar-refractivity contribution in [3.05, 3.63) is 65.4 Å². The fourth-order valence-corrected chi connectivity index (χ4v) is 2.42. The number of carbonyl (C=O) groups excluding carboxylic acids is 2. The largest absolute Gasteiger partial charge is 0.321 e. The Bertz CT molecular complexity index is 931. The first-order valence-corrected chi connectivity index (χ1v) is 7.02. The average Bonchev–Trinajstić information content (AvgIpc) is 2.82. The molecule has 3 rings (SSSR count). The molecule has 0 aliphatic rings. The number of carbonyl (C=O) groups is 2. The first-order valence-electron chi connectivity index (χ1n) is 7.02. The monoisotopic (exact) mass is 311 g/mol. The lowest BCUT2D eigenvalue weighted by Gasteiger charge is -2.07. The van der Waals surface area contributed by atoms with Gasteiger partial charge in [-0.05, 0) is 38.1 Å². The van der Waals surface area contributed by atoms with Crippen molar-refractivity contribution >= 4 is 23.0 Å². The van der Waals surface area contributed by atoms with Crippen LogP contribution in [0, 0.1) is 12.7 Å². The molecule has 1 aromatic carbocycles. The van der Waals surface area contributed by atoms with Gasteiger partial charge in [-0.1, -0.05) is 12.1 Å². The number of halogens is 1. The molecule has 0 radical (unpaired) electrons. The maximum absolute atomic E-state index is 13.4. The van der Waals surface area contributed by atoms with Crippen LogP contribution >= 0.6 is 0 Å². The zero-order chi connectivity index (χ0) is 16.6. The van der Waals surface area contributed by atoms with E-state index in [9.17, 15) is 14.0 Å². The average molecular weight is 311 g/mol. The summed E-state index contributed by atoms with van der Waals surface area (Å²) in [6, 6.07) is 9.44. The third-order valence-electron chi connectivity index (χ3n) is 3.50. The number of Topliss-reactive ketones (excluding diaryl/α,β-unsaturated/α-hetero) is 1. The Labute approximate surface area is 131 Å². The van der Waals surface area contributed by atoms with Gasteiger partial charge in [0, 0.05) is 17.4 Å². The molecule has 0 saturated carbocycles. The summed E-state index contributed by atoms with van der Waals surface area (Å²) in [4.78, 5) is 28.2. The molecule has 6 heteroatoms. The Morgan fingerprint density at radius 2 is 2.00 bits per heavy atom. The van der Waals surface area contributed by atoms with E-state index in [0.29, 0.717) is 22.6 Å². The molecule has 0 aliphatic heterocycles. The molecule has 0 fully saturated rings. The number of nitrogens with zero attached hydrogens (tertiary/aromatic N) is 2. The Kier molecular flexibility index (Phi) is 3.65. The second kappa shape index (κ2) is 5.64.